The predicted octanol–water partition coefficient (Wildman–Crippen LogP) is 4.28. The van der Waals surface area contributed by atoms with Gasteiger partial charge in [-0.3, -0.25) is 9.88 Å². The van der Waals surface area contributed by atoms with Gasteiger partial charge < -0.3 is 9.15 Å². The molecule has 128 valence electrons. The van der Waals surface area contributed by atoms with Crippen LogP contribution in [-0.4, -0.2) is 29.1 Å². The first kappa shape index (κ1) is 15.7. The molecule has 24 heavy (non-hydrogen) atoms. The highest BCUT2D eigenvalue weighted by molar-refractivity contribution is 5.17. The van der Waals surface area contributed by atoms with E-state index in [2.05, 4.69) is 16.0 Å². The van der Waals surface area contributed by atoms with E-state index in [9.17, 15) is 0 Å². The van der Waals surface area contributed by atoms with E-state index in [0.29, 0.717) is 11.5 Å². The lowest BCUT2D eigenvalue weighted by Gasteiger charge is -2.33. The van der Waals surface area contributed by atoms with Gasteiger partial charge in [0.05, 0.1) is 12.8 Å². The van der Waals surface area contributed by atoms with Crippen molar-refractivity contribution >= 4 is 0 Å². The number of furan rings is 1. The normalized spacial score (nSPS) is 23.6. The number of rotatable bonds is 5. The zero-order chi connectivity index (χ0) is 16.2. The average Bonchev–Trinajstić information content (AvgIpc) is 3.24. The first-order valence-electron chi connectivity index (χ1n) is 9.12. The number of hydrogen-bond donors (Lipinski definition) is 0. The third-order valence-corrected chi connectivity index (χ3v) is 5.67. The van der Waals surface area contributed by atoms with Crippen molar-refractivity contribution in [1.82, 2.24) is 9.88 Å². The fourth-order valence-corrected chi connectivity index (χ4v) is 4.50. The summed E-state index contributed by atoms with van der Waals surface area (Å²) in [6, 6.07) is 8.38. The second-order valence-corrected chi connectivity index (χ2v) is 7.40. The zero-order valence-corrected chi connectivity index (χ0v) is 14.2. The van der Waals surface area contributed by atoms with Crippen molar-refractivity contribution in [2.75, 3.05) is 13.2 Å². The van der Waals surface area contributed by atoms with Gasteiger partial charge >= 0.3 is 0 Å². The molecule has 0 N–H and O–H groups in total. The molecule has 4 rings (SSSR count). The second kappa shape index (κ2) is 6.98. The molecule has 2 fully saturated rings. The van der Waals surface area contributed by atoms with E-state index in [4.69, 9.17) is 9.15 Å². The van der Waals surface area contributed by atoms with Crippen LogP contribution in [0.5, 0.6) is 5.75 Å². The van der Waals surface area contributed by atoms with Crippen LogP contribution in [0.25, 0.3) is 0 Å². The molecular formula is C20H26N2O2. The molecule has 0 amide bonds. The van der Waals surface area contributed by atoms with Crippen LogP contribution < -0.4 is 4.74 Å². The number of ether oxygens (including phenoxy) is 1. The summed E-state index contributed by atoms with van der Waals surface area (Å²) in [7, 11) is 0. The fraction of sp³-hybridized carbons (Fsp3) is 0.550. The van der Waals surface area contributed by atoms with Gasteiger partial charge in [0.2, 0.25) is 0 Å². The molecule has 4 nitrogen and oxygen atoms in total. The lowest BCUT2D eigenvalue weighted by Crippen LogP contribution is -2.34. The van der Waals surface area contributed by atoms with Gasteiger partial charge in [0, 0.05) is 25.0 Å². The summed E-state index contributed by atoms with van der Waals surface area (Å²) in [6.07, 6.45) is 13.5. The zero-order valence-electron chi connectivity index (χ0n) is 14.2. The number of nitrogens with zero attached hydrogens (tertiary/aromatic N) is 2. The molecule has 1 saturated carbocycles. The van der Waals surface area contributed by atoms with E-state index in [0.717, 1.165) is 24.7 Å². The Bertz CT molecular complexity index is 620. The summed E-state index contributed by atoms with van der Waals surface area (Å²) >= 11 is 0. The van der Waals surface area contributed by atoms with Crippen LogP contribution in [0.3, 0.4) is 0 Å². The molecule has 0 bridgehead atoms. The number of aromatic nitrogens is 1. The molecule has 1 unspecified atom stereocenters. The van der Waals surface area contributed by atoms with E-state index < -0.39 is 0 Å². The minimum Gasteiger partial charge on any atom is -0.492 e. The van der Waals surface area contributed by atoms with Crippen molar-refractivity contribution in [3.8, 4) is 5.75 Å². The molecule has 2 aliphatic rings. The van der Waals surface area contributed by atoms with Crippen molar-refractivity contribution in [3.63, 3.8) is 0 Å². The minimum absolute atomic E-state index is 0.460. The summed E-state index contributed by atoms with van der Waals surface area (Å²) in [5.41, 5.74) is 0.497. The third-order valence-electron chi connectivity index (χ3n) is 5.67. The summed E-state index contributed by atoms with van der Waals surface area (Å²) in [6.45, 7) is 2.81. The van der Waals surface area contributed by atoms with Gasteiger partial charge in [0.25, 0.3) is 0 Å². The van der Waals surface area contributed by atoms with Gasteiger partial charge in [0.1, 0.15) is 18.1 Å². The van der Waals surface area contributed by atoms with Gasteiger partial charge in [-0.1, -0.05) is 19.3 Å². The van der Waals surface area contributed by atoms with Crippen molar-refractivity contribution in [2.45, 2.75) is 51.1 Å². The second-order valence-electron chi connectivity index (χ2n) is 7.40. The highest BCUT2D eigenvalue weighted by atomic mass is 16.5. The highest BCUT2D eigenvalue weighted by Gasteiger charge is 2.44. The van der Waals surface area contributed by atoms with E-state index in [1.54, 1.807) is 18.7 Å². The van der Waals surface area contributed by atoms with Crippen molar-refractivity contribution in [1.29, 1.82) is 0 Å². The molecule has 1 spiro atoms. The standard InChI is InChI=1S/C20H26N2O2/c1-2-8-20(9-3-1)13-17(15-24-18-6-10-21-11-7-18)22(16-20)14-19-5-4-12-23-19/h4-7,10-12,17H,1-3,8-9,13-16H2. The van der Waals surface area contributed by atoms with E-state index in [-0.39, 0.29) is 0 Å². The maximum Gasteiger partial charge on any atom is 0.122 e. The fourth-order valence-electron chi connectivity index (χ4n) is 4.50. The van der Waals surface area contributed by atoms with Gasteiger partial charge in [-0.2, -0.15) is 0 Å². The summed E-state index contributed by atoms with van der Waals surface area (Å²) in [4.78, 5) is 6.63. The van der Waals surface area contributed by atoms with Crippen LogP contribution in [0.2, 0.25) is 0 Å². The molecule has 4 heteroatoms. The van der Waals surface area contributed by atoms with Gasteiger partial charge in [0.15, 0.2) is 0 Å². The Morgan fingerprint density at radius 1 is 1.17 bits per heavy atom. The van der Waals surface area contributed by atoms with E-state index >= 15 is 0 Å². The van der Waals surface area contributed by atoms with Crippen LogP contribution in [-0.2, 0) is 6.54 Å². The Morgan fingerprint density at radius 2 is 2.00 bits per heavy atom. The minimum atomic E-state index is 0.460. The first-order valence-corrected chi connectivity index (χ1v) is 9.12. The van der Waals surface area contributed by atoms with Crippen molar-refractivity contribution < 1.29 is 9.15 Å². The summed E-state index contributed by atoms with van der Waals surface area (Å²) in [5, 5.41) is 0. The summed E-state index contributed by atoms with van der Waals surface area (Å²) in [5.74, 6) is 1.96. The van der Waals surface area contributed by atoms with Crippen LogP contribution in [0.15, 0.2) is 47.3 Å². The average molecular weight is 326 g/mol. The molecule has 0 aromatic carbocycles. The molecule has 2 aromatic heterocycles. The van der Waals surface area contributed by atoms with Gasteiger partial charge in [-0.15, -0.1) is 0 Å². The van der Waals surface area contributed by atoms with Crippen molar-refractivity contribution in [2.24, 2.45) is 5.41 Å². The predicted molar refractivity (Wildman–Crippen MR) is 92.8 cm³/mol. The van der Waals surface area contributed by atoms with Crippen LogP contribution in [0, 0.1) is 5.41 Å². The SMILES string of the molecule is c1coc(CN2CC3(CCCCC3)CC2COc2ccncc2)c1. The number of likely N-dealkylation sites (tertiary alicyclic amines) is 1. The molecule has 2 aromatic rings. The maximum absolute atomic E-state index is 6.06. The van der Waals surface area contributed by atoms with E-state index in [1.807, 2.05) is 18.2 Å². The lowest BCUT2D eigenvalue weighted by molar-refractivity contribution is 0.151. The molecular weight excluding hydrogens is 300 g/mol. The Kier molecular flexibility index (Phi) is 4.56. The van der Waals surface area contributed by atoms with E-state index in [1.165, 1.54) is 45.1 Å². The smallest absolute Gasteiger partial charge is 0.122 e. The lowest BCUT2D eigenvalue weighted by atomic mass is 9.73. The Labute approximate surface area is 143 Å². The number of pyridine rings is 1. The molecule has 3 heterocycles. The Hall–Kier alpha value is -1.81. The summed E-state index contributed by atoms with van der Waals surface area (Å²) < 4.78 is 11.7. The quantitative estimate of drug-likeness (QED) is 0.822. The molecule has 1 atom stereocenters. The Morgan fingerprint density at radius 3 is 2.75 bits per heavy atom. The third kappa shape index (κ3) is 3.48. The maximum atomic E-state index is 6.06. The molecule has 1 aliphatic heterocycles. The molecule has 1 saturated heterocycles. The molecule has 1 aliphatic carbocycles. The van der Waals surface area contributed by atoms with Crippen LogP contribution >= 0.6 is 0 Å². The topological polar surface area (TPSA) is 38.5 Å². The van der Waals surface area contributed by atoms with Crippen molar-refractivity contribution in [3.05, 3.63) is 48.7 Å². The Balaban J connectivity index is 1.45. The number of hydrogen-bond acceptors (Lipinski definition) is 4. The first-order chi connectivity index (χ1) is 11.8. The van der Waals surface area contributed by atoms with Gasteiger partial charge in [-0.25, -0.2) is 0 Å². The van der Waals surface area contributed by atoms with Crippen LogP contribution in [0.1, 0.15) is 44.3 Å². The largest absolute Gasteiger partial charge is 0.492 e. The molecule has 0 radical (unpaired) electrons. The van der Waals surface area contributed by atoms with Gasteiger partial charge in [-0.05, 0) is 48.9 Å². The van der Waals surface area contributed by atoms with Crippen LogP contribution in [0.4, 0.5) is 0 Å². The monoisotopic (exact) mass is 326 g/mol. The highest BCUT2D eigenvalue weighted by Crippen LogP contribution is 2.46.